The van der Waals surface area contributed by atoms with Crippen LogP contribution in [0.2, 0.25) is 0 Å². The summed E-state index contributed by atoms with van der Waals surface area (Å²) < 4.78 is 26.2. The molecule has 2 rings (SSSR count). The van der Waals surface area contributed by atoms with Crippen LogP contribution in [0.4, 0.5) is 0 Å². The lowest BCUT2D eigenvalue weighted by Gasteiger charge is -2.16. The van der Waals surface area contributed by atoms with Crippen molar-refractivity contribution in [3.8, 4) is 0 Å². The molecule has 0 aliphatic heterocycles. The van der Waals surface area contributed by atoms with Crippen molar-refractivity contribution >= 4 is 51.7 Å². The normalized spacial score (nSPS) is 12.7. The molecule has 2 aromatic rings. The van der Waals surface area contributed by atoms with Crippen molar-refractivity contribution in [2.45, 2.75) is 35.4 Å². The smallest absolute Gasteiger partial charge is 0.240 e. The summed E-state index contributed by atoms with van der Waals surface area (Å²) in [5.41, 5.74) is 0.834. The van der Waals surface area contributed by atoms with Crippen molar-refractivity contribution in [3.05, 3.63) is 60.2 Å². The third-order valence-electron chi connectivity index (χ3n) is 3.88. The second-order valence-corrected chi connectivity index (χ2v) is 9.57. The van der Waals surface area contributed by atoms with E-state index >= 15 is 0 Å². The number of guanidine groups is 1. The van der Waals surface area contributed by atoms with Gasteiger partial charge in [0.15, 0.2) is 5.96 Å². The lowest BCUT2D eigenvalue weighted by Crippen LogP contribution is -2.40. The van der Waals surface area contributed by atoms with Crippen molar-refractivity contribution in [1.82, 2.24) is 15.4 Å². The zero-order valence-corrected chi connectivity index (χ0v) is 20.8. The Labute approximate surface area is 195 Å². The van der Waals surface area contributed by atoms with Gasteiger partial charge in [-0.2, -0.15) is 0 Å². The van der Waals surface area contributed by atoms with Crippen molar-refractivity contribution in [2.24, 2.45) is 4.99 Å². The van der Waals surface area contributed by atoms with Crippen LogP contribution in [-0.4, -0.2) is 39.8 Å². The van der Waals surface area contributed by atoms with Gasteiger partial charge in [0, 0.05) is 23.2 Å². The quantitative estimate of drug-likeness (QED) is 0.194. The molecule has 2 aromatic carbocycles. The molecule has 0 aromatic heterocycles. The molecule has 0 saturated carbocycles. The molecule has 9 heteroatoms. The maximum atomic E-state index is 11.9. The molecule has 0 heterocycles. The Morgan fingerprint density at radius 2 is 1.83 bits per heavy atom. The van der Waals surface area contributed by atoms with Crippen molar-refractivity contribution in [3.63, 3.8) is 0 Å². The minimum absolute atomic E-state index is 0. The molecule has 0 fully saturated rings. The SMILES string of the molecule is CCNC(=NCc1cccc(S(=O)(=O)NC)c1)NCC(C)Sc1ccccc1.I. The van der Waals surface area contributed by atoms with Crippen LogP contribution in [0.5, 0.6) is 0 Å². The van der Waals surface area contributed by atoms with E-state index < -0.39 is 10.0 Å². The number of nitrogens with zero attached hydrogens (tertiary/aromatic N) is 1. The molecule has 6 nitrogen and oxygen atoms in total. The summed E-state index contributed by atoms with van der Waals surface area (Å²) in [6.07, 6.45) is 0. The van der Waals surface area contributed by atoms with Crippen LogP contribution >= 0.6 is 35.7 Å². The number of halogens is 1. The molecular weight excluding hydrogens is 519 g/mol. The van der Waals surface area contributed by atoms with Gasteiger partial charge in [0.2, 0.25) is 10.0 Å². The van der Waals surface area contributed by atoms with Crippen LogP contribution in [0, 0.1) is 0 Å². The van der Waals surface area contributed by atoms with E-state index in [1.54, 1.807) is 30.0 Å². The zero-order valence-electron chi connectivity index (χ0n) is 16.9. The number of thioether (sulfide) groups is 1. The fourth-order valence-electron chi connectivity index (χ4n) is 2.45. The molecule has 0 aliphatic rings. The highest BCUT2D eigenvalue weighted by molar-refractivity contribution is 14.0. The van der Waals surface area contributed by atoms with Crippen molar-refractivity contribution in [2.75, 3.05) is 20.1 Å². The monoisotopic (exact) mass is 548 g/mol. The maximum absolute atomic E-state index is 11.9. The summed E-state index contributed by atoms with van der Waals surface area (Å²) in [5.74, 6) is 0.713. The third-order valence-corrected chi connectivity index (χ3v) is 6.40. The number of benzene rings is 2. The molecule has 1 unspecified atom stereocenters. The first-order valence-corrected chi connectivity index (χ1v) is 11.6. The maximum Gasteiger partial charge on any atom is 0.240 e. The van der Waals surface area contributed by atoms with Crippen molar-refractivity contribution < 1.29 is 8.42 Å². The van der Waals surface area contributed by atoms with Crippen LogP contribution in [0.15, 0.2) is 69.4 Å². The van der Waals surface area contributed by atoms with Crippen LogP contribution in [0.1, 0.15) is 19.4 Å². The van der Waals surface area contributed by atoms with Gasteiger partial charge in [-0.05, 0) is 43.8 Å². The molecule has 0 radical (unpaired) electrons. The Hall–Kier alpha value is -1.30. The zero-order chi connectivity index (χ0) is 20.4. The van der Waals surface area contributed by atoms with Gasteiger partial charge < -0.3 is 10.6 Å². The molecule has 160 valence electrons. The van der Waals surface area contributed by atoms with Gasteiger partial charge >= 0.3 is 0 Å². The molecule has 0 bridgehead atoms. The first-order chi connectivity index (χ1) is 13.4. The van der Waals surface area contributed by atoms with Gasteiger partial charge in [-0.25, -0.2) is 18.1 Å². The fraction of sp³-hybridized carbons (Fsp3) is 0.350. The minimum atomic E-state index is -3.45. The van der Waals surface area contributed by atoms with Gasteiger partial charge in [0.1, 0.15) is 0 Å². The van der Waals surface area contributed by atoms with E-state index in [1.165, 1.54) is 11.9 Å². The molecule has 0 aliphatic carbocycles. The first-order valence-electron chi connectivity index (χ1n) is 9.21. The van der Waals surface area contributed by atoms with E-state index in [0.29, 0.717) is 17.8 Å². The molecule has 0 spiro atoms. The van der Waals surface area contributed by atoms with Crippen LogP contribution in [0.3, 0.4) is 0 Å². The van der Waals surface area contributed by atoms with Crippen molar-refractivity contribution in [1.29, 1.82) is 0 Å². The Morgan fingerprint density at radius 3 is 2.48 bits per heavy atom. The molecular formula is C20H29IN4O2S2. The first kappa shape index (κ1) is 25.7. The molecule has 29 heavy (non-hydrogen) atoms. The lowest BCUT2D eigenvalue weighted by atomic mass is 10.2. The standard InChI is InChI=1S/C20H28N4O2S2.HI/c1-4-22-20(23-14-16(2)27-18-10-6-5-7-11-18)24-15-17-9-8-12-19(13-17)28(25,26)21-3;/h5-13,16,21H,4,14-15H2,1-3H3,(H2,22,23,24);1H. The Bertz CT molecular complexity index is 877. The average Bonchev–Trinajstić information content (AvgIpc) is 2.71. The number of hydrogen-bond donors (Lipinski definition) is 3. The average molecular weight is 549 g/mol. The predicted octanol–water partition coefficient (Wildman–Crippen LogP) is 3.45. The summed E-state index contributed by atoms with van der Waals surface area (Å²) in [6.45, 7) is 6.09. The van der Waals surface area contributed by atoms with E-state index in [-0.39, 0.29) is 28.9 Å². The lowest BCUT2D eigenvalue weighted by molar-refractivity contribution is 0.588. The number of rotatable bonds is 9. The van der Waals surface area contributed by atoms with Gasteiger partial charge in [-0.15, -0.1) is 35.7 Å². The molecule has 0 saturated heterocycles. The number of sulfonamides is 1. The summed E-state index contributed by atoms with van der Waals surface area (Å²) in [4.78, 5) is 6.06. The van der Waals surface area contributed by atoms with Gasteiger partial charge in [0.05, 0.1) is 11.4 Å². The predicted molar refractivity (Wildman–Crippen MR) is 133 cm³/mol. The van der Waals surface area contributed by atoms with Gasteiger partial charge in [0.25, 0.3) is 0 Å². The fourth-order valence-corrected chi connectivity index (χ4v) is 4.20. The van der Waals surface area contributed by atoms with E-state index in [2.05, 4.69) is 39.4 Å². The topological polar surface area (TPSA) is 82.6 Å². The van der Waals surface area contributed by atoms with Crippen LogP contribution in [0.25, 0.3) is 0 Å². The van der Waals surface area contributed by atoms with E-state index in [4.69, 9.17) is 0 Å². The van der Waals surface area contributed by atoms with Crippen LogP contribution in [-0.2, 0) is 16.6 Å². The minimum Gasteiger partial charge on any atom is -0.357 e. The van der Waals surface area contributed by atoms with Gasteiger partial charge in [-0.1, -0.05) is 37.3 Å². The summed E-state index contributed by atoms with van der Waals surface area (Å²) in [6, 6.07) is 17.1. The summed E-state index contributed by atoms with van der Waals surface area (Å²) in [5, 5.41) is 6.95. The summed E-state index contributed by atoms with van der Waals surface area (Å²) in [7, 11) is -2.05. The molecule has 3 N–H and O–H groups in total. The van der Waals surface area contributed by atoms with E-state index in [1.807, 2.05) is 31.2 Å². The molecule has 0 amide bonds. The Balaban J connectivity index is 0.00000420. The Kier molecular flexibility index (Phi) is 11.6. The largest absolute Gasteiger partial charge is 0.357 e. The number of nitrogens with one attached hydrogen (secondary N) is 3. The van der Waals surface area contributed by atoms with Crippen LogP contribution < -0.4 is 15.4 Å². The van der Waals surface area contributed by atoms with Gasteiger partial charge in [-0.3, -0.25) is 0 Å². The number of hydrogen-bond acceptors (Lipinski definition) is 4. The van der Waals surface area contributed by atoms with E-state index in [0.717, 1.165) is 18.7 Å². The second-order valence-electron chi connectivity index (χ2n) is 6.17. The highest BCUT2D eigenvalue weighted by Gasteiger charge is 2.11. The highest BCUT2D eigenvalue weighted by Crippen LogP contribution is 2.21. The number of aliphatic imine (C=N–C) groups is 1. The third kappa shape index (κ3) is 8.93. The molecule has 1 atom stereocenters. The second kappa shape index (κ2) is 13.1. The summed E-state index contributed by atoms with van der Waals surface area (Å²) >= 11 is 1.81. The Morgan fingerprint density at radius 1 is 1.10 bits per heavy atom. The van der Waals surface area contributed by atoms with E-state index in [9.17, 15) is 8.42 Å². The highest BCUT2D eigenvalue weighted by atomic mass is 127.